The molecule has 6 nitrogen and oxygen atoms in total. The van der Waals surface area contributed by atoms with Crippen LogP contribution in [-0.4, -0.2) is 28.7 Å². The van der Waals surface area contributed by atoms with E-state index in [4.69, 9.17) is 19.4 Å². The van der Waals surface area contributed by atoms with Crippen LogP contribution in [0.2, 0.25) is 0 Å². The summed E-state index contributed by atoms with van der Waals surface area (Å²) in [6, 6.07) is 23.3. The first-order valence-corrected chi connectivity index (χ1v) is 11.9. The van der Waals surface area contributed by atoms with Crippen molar-refractivity contribution < 1.29 is 14.3 Å². The average molecular weight is 470 g/mol. The van der Waals surface area contributed by atoms with Gasteiger partial charge in [0.2, 0.25) is 11.8 Å². The molecule has 3 aromatic carbocycles. The van der Waals surface area contributed by atoms with Crippen molar-refractivity contribution in [3.05, 3.63) is 89.5 Å². The predicted molar refractivity (Wildman–Crippen MR) is 134 cm³/mol. The Bertz CT molecular complexity index is 1360. The molecule has 0 aliphatic carbocycles. The van der Waals surface area contributed by atoms with Crippen molar-refractivity contribution in [1.29, 1.82) is 0 Å². The van der Waals surface area contributed by atoms with Crippen LogP contribution < -0.4 is 14.8 Å². The lowest BCUT2D eigenvalue weighted by molar-refractivity contribution is -0.113. The van der Waals surface area contributed by atoms with Gasteiger partial charge in [-0.25, -0.2) is 4.98 Å². The molecule has 0 bridgehead atoms. The van der Waals surface area contributed by atoms with Crippen molar-refractivity contribution in [2.24, 2.45) is 0 Å². The van der Waals surface area contributed by atoms with Crippen molar-refractivity contribution in [3.8, 4) is 28.8 Å². The second-order valence-electron chi connectivity index (χ2n) is 7.94. The smallest absolute Gasteiger partial charge is 0.234 e. The van der Waals surface area contributed by atoms with Crippen LogP contribution in [0.15, 0.2) is 77.8 Å². The third kappa shape index (κ3) is 4.61. The fraction of sp³-hybridized carbons (Fsp3) is 0.148. The number of nitrogens with one attached hydrogen (secondary N) is 1. The topological polar surface area (TPSA) is 73.3 Å². The minimum atomic E-state index is -0.0944. The van der Waals surface area contributed by atoms with Gasteiger partial charge < -0.3 is 14.8 Å². The molecule has 34 heavy (non-hydrogen) atoms. The third-order valence-electron chi connectivity index (χ3n) is 5.45. The number of carbonyl (C=O) groups is 1. The van der Waals surface area contributed by atoms with Crippen molar-refractivity contribution >= 4 is 23.4 Å². The summed E-state index contributed by atoms with van der Waals surface area (Å²) in [6.07, 6.45) is 0.596. The number of amides is 1. The number of benzene rings is 3. The van der Waals surface area contributed by atoms with Crippen LogP contribution in [0.4, 0.5) is 5.69 Å². The standard InChI is InChI=1S/C27H23N3O3S/c1-17-8-6-12-20(14-17)28-23(31)16-34-27-21-15-19-11-7-13-22(32-2)24(19)33-26(21)29-25(30-27)18-9-4-3-5-10-18/h3-14H,15-16H2,1-2H3,(H,28,31). The number of fused-ring (bicyclic) bond motifs is 2. The Morgan fingerprint density at radius 3 is 2.68 bits per heavy atom. The highest BCUT2D eigenvalue weighted by Crippen LogP contribution is 2.44. The molecule has 0 saturated carbocycles. The zero-order valence-corrected chi connectivity index (χ0v) is 19.7. The van der Waals surface area contributed by atoms with E-state index in [0.717, 1.165) is 33.0 Å². The van der Waals surface area contributed by atoms with Crippen LogP contribution in [0.25, 0.3) is 11.4 Å². The highest BCUT2D eigenvalue weighted by Gasteiger charge is 2.26. The Morgan fingerprint density at radius 1 is 1.06 bits per heavy atom. The van der Waals surface area contributed by atoms with Crippen LogP contribution in [-0.2, 0) is 11.2 Å². The number of nitrogens with zero attached hydrogens (tertiary/aromatic N) is 2. The first-order chi connectivity index (χ1) is 16.6. The molecule has 1 aliphatic heterocycles. The Morgan fingerprint density at radius 2 is 1.88 bits per heavy atom. The van der Waals surface area contributed by atoms with Crippen LogP contribution in [0.1, 0.15) is 16.7 Å². The van der Waals surface area contributed by atoms with Crippen LogP contribution >= 0.6 is 11.8 Å². The number of hydrogen-bond donors (Lipinski definition) is 1. The van der Waals surface area contributed by atoms with Gasteiger partial charge in [-0.05, 0) is 30.7 Å². The van der Waals surface area contributed by atoms with Crippen LogP contribution in [0.5, 0.6) is 17.4 Å². The summed E-state index contributed by atoms with van der Waals surface area (Å²) in [4.78, 5) is 22.2. The molecule has 0 fully saturated rings. The van der Waals surface area contributed by atoms with E-state index in [0.29, 0.717) is 29.6 Å². The third-order valence-corrected chi connectivity index (χ3v) is 6.47. The van der Waals surface area contributed by atoms with Gasteiger partial charge in [-0.3, -0.25) is 4.79 Å². The first kappa shape index (κ1) is 22.0. The van der Waals surface area contributed by atoms with Gasteiger partial charge in [-0.15, -0.1) is 0 Å². The fourth-order valence-electron chi connectivity index (χ4n) is 3.83. The maximum Gasteiger partial charge on any atom is 0.234 e. The lowest BCUT2D eigenvalue weighted by Crippen LogP contribution is -2.15. The van der Waals surface area contributed by atoms with E-state index in [1.54, 1.807) is 7.11 Å². The van der Waals surface area contributed by atoms with Crippen LogP contribution in [0.3, 0.4) is 0 Å². The normalized spacial score (nSPS) is 11.7. The molecular weight excluding hydrogens is 446 g/mol. The minimum absolute atomic E-state index is 0.0944. The summed E-state index contributed by atoms with van der Waals surface area (Å²) in [5.41, 5.74) is 4.62. The predicted octanol–water partition coefficient (Wildman–Crippen LogP) is 5.89. The Hall–Kier alpha value is -3.84. The molecule has 0 unspecified atom stereocenters. The van der Waals surface area contributed by atoms with E-state index in [-0.39, 0.29) is 11.7 Å². The highest BCUT2D eigenvalue weighted by molar-refractivity contribution is 8.00. The van der Waals surface area contributed by atoms with E-state index >= 15 is 0 Å². The summed E-state index contributed by atoms with van der Waals surface area (Å²) >= 11 is 1.39. The molecule has 1 N–H and O–H groups in total. The first-order valence-electron chi connectivity index (χ1n) is 10.9. The van der Waals surface area contributed by atoms with Crippen molar-refractivity contribution in [2.75, 3.05) is 18.2 Å². The van der Waals surface area contributed by atoms with Gasteiger partial charge in [0.1, 0.15) is 5.03 Å². The van der Waals surface area contributed by atoms with Crippen molar-refractivity contribution in [3.63, 3.8) is 0 Å². The molecule has 0 spiro atoms. The van der Waals surface area contributed by atoms with E-state index in [1.807, 2.05) is 79.7 Å². The number of hydrogen-bond acceptors (Lipinski definition) is 6. The van der Waals surface area contributed by atoms with Gasteiger partial charge in [0.15, 0.2) is 17.3 Å². The number of rotatable bonds is 6. The summed E-state index contributed by atoms with van der Waals surface area (Å²) in [7, 11) is 1.62. The summed E-state index contributed by atoms with van der Waals surface area (Å²) < 4.78 is 11.7. The number of thioether (sulfide) groups is 1. The Balaban J connectivity index is 1.46. The molecule has 0 radical (unpaired) electrons. The van der Waals surface area contributed by atoms with E-state index in [2.05, 4.69) is 5.32 Å². The zero-order valence-electron chi connectivity index (χ0n) is 18.9. The molecule has 4 aromatic rings. The van der Waals surface area contributed by atoms with Gasteiger partial charge in [-0.1, -0.05) is 66.4 Å². The Kier molecular flexibility index (Phi) is 6.18. The molecule has 1 aliphatic rings. The highest BCUT2D eigenvalue weighted by atomic mass is 32.2. The number of anilines is 1. The molecule has 0 saturated heterocycles. The summed E-state index contributed by atoms with van der Waals surface area (Å²) in [5, 5.41) is 3.69. The number of ether oxygens (including phenoxy) is 2. The van der Waals surface area contributed by atoms with E-state index in [9.17, 15) is 4.79 Å². The average Bonchev–Trinajstić information content (AvgIpc) is 2.86. The quantitative estimate of drug-likeness (QED) is 0.247. The molecule has 7 heteroatoms. The lowest BCUT2D eigenvalue weighted by atomic mass is 10.0. The second-order valence-corrected chi connectivity index (χ2v) is 8.90. The van der Waals surface area contributed by atoms with Gasteiger partial charge in [-0.2, -0.15) is 4.98 Å². The number of methoxy groups -OCH3 is 1. The molecule has 1 amide bonds. The van der Waals surface area contributed by atoms with Gasteiger partial charge >= 0.3 is 0 Å². The molecule has 2 heterocycles. The summed E-state index contributed by atoms with van der Waals surface area (Å²) in [5.74, 6) is 2.50. The largest absolute Gasteiger partial charge is 0.493 e. The minimum Gasteiger partial charge on any atom is -0.493 e. The number of para-hydroxylation sites is 1. The SMILES string of the molecule is COc1cccc2c1Oc1nc(-c3ccccc3)nc(SCC(=O)Nc3cccc(C)c3)c1C2. The molecular formula is C27H23N3O3S. The number of carbonyl (C=O) groups excluding carboxylic acids is 1. The van der Waals surface area contributed by atoms with Crippen molar-refractivity contribution in [1.82, 2.24) is 9.97 Å². The summed E-state index contributed by atoms with van der Waals surface area (Å²) in [6.45, 7) is 2.00. The molecule has 5 rings (SSSR count). The van der Waals surface area contributed by atoms with Crippen molar-refractivity contribution in [2.45, 2.75) is 18.4 Å². The molecule has 0 atom stereocenters. The molecule has 1 aromatic heterocycles. The Labute approximate surface area is 202 Å². The second kappa shape index (κ2) is 9.57. The van der Waals surface area contributed by atoms with Gasteiger partial charge in [0.25, 0.3) is 0 Å². The van der Waals surface area contributed by atoms with E-state index in [1.165, 1.54) is 11.8 Å². The number of aryl methyl sites for hydroxylation is 1. The maximum atomic E-state index is 12.7. The van der Waals surface area contributed by atoms with Gasteiger partial charge in [0.05, 0.1) is 18.4 Å². The lowest BCUT2D eigenvalue weighted by Gasteiger charge is -2.23. The van der Waals surface area contributed by atoms with Crippen LogP contribution in [0, 0.1) is 6.92 Å². The van der Waals surface area contributed by atoms with E-state index < -0.39 is 0 Å². The maximum absolute atomic E-state index is 12.7. The van der Waals surface area contributed by atoms with Gasteiger partial charge in [0, 0.05) is 23.2 Å². The number of aromatic nitrogens is 2. The monoisotopic (exact) mass is 469 g/mol. The fourth-order valence-corrected chi connectivity index (χ4v) is 4.66. The molecule has 170 valence electrons. The zero-order chi connectivity index (χ0) is 23.5.